The van der Waals surface area contributed by atoms with Gasteiger partial charge < -0.3 is 4.57 Å². The molecule has 0 fully saturated rings. The molecule has 24 heavy (non-hydrogen) atoms. The largest absolute Gasteiger partial charge is 0.332 e. The van der Waals surface area contributed by atoms with Gasteiger partial charge in [-0.1, -0.05) is 42.1 Å². The van der Waals surface area contributed by atoms with Crippen molar-refractivity contribution in [2.24, 2.45) is 14.1 Å². The highest BCUT2D eigenvalue weighted by molar-refractivity contribution is 7.99. The number of benzene rings is 1. The first-order valence-corrected chi connectivity index (χ1v) is 8.86. The summed E-state index contributed by atoms with van der Waals surface area (Å²) in [5, 5.41) is 0.752. The van der Waals surface area contributed by atoms with Gasteiger partial charge in [0.05, 0.1) is 0 Å². The van der Waals surface area contributed by atoms with E-state index in [0.29, 0.717) is 17.7 Å². The van der Waals surface area contributed by atoms with Crippen molar-refractivity contribution in [3.8, 4) is 0 Å². The van der Waals surface area contributed by atoms with E-state index in [1.165, 1.54) is 14.7 Å². The number of hydrogen-bond donors (Lipinski definition) is 0. The van der Waals surface area contributed by atoms with E-state index in [4.69, 9.17) is 0 Å². The van der Waals surface area contributed by atoms with Crippen molar-refractivity contribution >= 4 is 22.9 Å². The van der Waals surface area contributed by atoms with Crippen molar-refractivity contribution in [1.29, 1.82) is 0 Å². The molecule has 0 atom stereocenters. The second kappa shape index (κ2) is 6.68. The number of aryl methyl sites for hydroxylation is 3. The SMILES string of the molecule is CCn1c(=O)c2c(nc(SCCc3ccccc3)n2C)n(C)c1=O. The molecule has 0 saturated heterocycles. The smallest absolute Gasteiger partial charge is 0.316 e. The van der Waals surface area contributed by atoms with Crippen LogP contribution in [0.25, 0.3) is 11.2 Å². The first-order valence-electron chi connectivity index (χ1n) is 7.87. The maximum Gasteiger partial charge on any atom is 0.332 e. The zero-order valence-corrected chi connectivity index (χ0v) is 14.8. The molecule has 2 heterocycles. The fourth-order valence-electron chi connectivity index (χ4n) is 2.74. The van der Waals surface area contributed by atoms with E-state index in [1.54, 1.807) is 30.3 Å². The second-order valence-electron chi connectivity index (χ2n) is 5.60. The third-order valence-corrected chi connectivity index (χ3v) is 5.13. The molecule has 7 heteroatoms. The molecular weight excluding hydrogens is 324 g/mol. The van der Waals surface area contributed by atoms with E-state index >= 15 is 0 Å². The molecule has 6 nitrogen and oxygen atoms in total. The van der Waals surface area contributed by atoms with Gasteiger partial charge in [-0.2, -0.15) is 0 Å². The lowest BCUT2D eigenvalue weighted by atomic mass is 10.2. The number of fused-ring (bicyclic) bond motifs is 1. The summed E-state index contributed by atoms with van der Waals surface area (Å²) in [7, 11) is 3.48. The first kappa shape index (κ1) is 16.6. The van der Waals surface area contributed by atoms with Crippen LogP contribution in [-0.2, 0) is 27.1 Å². The normalized spacial score (nSPS) is 11.3. The minimum atomic E-state index is -0.325. The van der Waals surface area contributed by atoms with E-state index in [9.17, 15) is 9.59 Å². The molecule has 2 aromatic heterocycles. The van der Waals surface area contributed by atoms with Crippen molar-refractivity contribution in [2.45, 2.75) is 25.0 Å². The van der Waals surface area contributed by atoms with E-state index in [-0.39, 0.29) is 11.2 Å². The molecule has 0 spiro atoms. The third kappa shape index (κ3) is 2.80. The summed E-state index contributed by atoms with van der Waals surface area (Å²) < 4.78 is 4.48. The molecule has 1 aromatic carbocycles. The van der Waals surface area contributed by atoms with Gasteiger partial charge in [-0.15, -0.1) is 0 Å². The summed E-state index contributed by atoms with van der Waals surface area (Å²) in [6.45, 7) is 2.14. The molecule has 0 aliphatic heterocycles. The minimum absolute atomic E-state index is 0.277. The lowest BCUT2D eigenvalue weighted by molar-refractivity contribution is 0.635. The number of nitrogens with zero attached hydrogens (tertiary/aromatic N) is 4. The lowest BCUT2D eigenvalue weighted by Gasteiger charge is -2.05. The third-order valence-electron chi connectivity index (χ3n) is 4.10. The van der Waals surface area contributed by atoms with E-state index in [2.05, 4.69) is 17.1 Å². The summed E-state index contributed by atoms with van der Waals surface area (Å²) in [5.41, 5.74) is 1.58. The average Bonchev–Trinajstić information content (AvgIpc) is 2.92. The van der Waals surface area contributed by atoms with Crippen molar-refractivity contribution in [2.75, 3.05) is 5.75 Å². The van der Waals surface area contributed by atoms with Gasteiger partial charge in [0.1, 0.15) is 0 Å². The molecule has 126 valence electrons. The topological polar surface area (TPSA) is 61.8 Å². The maximum atomic E-state index is 12.5. The van der Waals surface area contributed by atoms with Gasteiger partial charge in [0, 0.05) is 26.4 Å². The van der Waals surface area contributed by atoms with Crippen LogP contribution in [0.3, 0.4) is 0 Å². The van der Waals surface area contributed by atoms with Crippen molar-refractivity contribution in [3.63, 3.8) is 0 Å². The number of hydrogen-bond acceptors (Lipinski definition) is 4. The Kier molecular flexibility index (Phi) is 4.62. The van der Waals surface area contributed by atoms with Crippen molar-refractivity contribution < 1.29 is 0 Å². The van der Waals surface area contributed by atoms with E-state index < -0.39 is 0 Å². The van der Waals surface area contributed by atoms with Crippen LogP contribution in [0.4, 0.5) is 0 Å². The predicted octanol–water partition coefficient (Wildman–Crippen LogP) is 1.79. The Morgan fingerprint density at radius 2 is 1.79 bits per heavy atom. The number of imidazole rings is 1. The van der Waals surface area contributed by atoms with Crippen LogP contribution < -0.4 is 11.2 Å². The zero-order valence-electron chi connectivity index (χ0n) is 14.0. The van der Waals surface area contributed by atoms with Gasteiger partial charge in [0.2, 0.25) is 0 Å². The van der Waals surface area contributed by atoms with Crippen LogP contribution in [0, 0.1) is 0 Å². The second-order valence-corrected chi connectivity index (χ2v) is 6.66. The van der Waals surface area contributed by atoms with Crippen LogP contribution in [0.2, 0.25) is 0 Å². The Morgan fingerprint density at radius 1 is 1.08 bits per heavy atom. The molecule has 0 bridgehead atoms. The van der Waals surface area contributed by atoms with Crippen LogP contribution in [-0.4, -0.2) is 24.4 Å². The number of thioether (sulfide) groups is 1. The Labute approximate surface area is 143 Å². The fourth-order valence-corrected chi connectivity index (χ4v) is 3.69. The number of aromatic nitrogens is 4. The van der Waals surface area contributed by atoms with Gasteiger partial charge in [-0.3, -0.25) is 13.9 Å². The molecule has 0 radical (unpaired) electrons. The molecule has 3 aromatic rings. The Balaban J connectivity index is 1.94. The lowest BCUT2D eigenvalue weighted by Crippen LogP contribution is -2.39. The molecule has 0 aliphatic rings. The highest BCUT2D eigenvalue weighted by Gasteiger charge is 2.17. The first-order chi connectivity index (χ1) is 11.5. The molecule has 0 N–H and O–H groups in total. The van der Waals surface area contributed by atoms with Gasteiger partial charge in [0.15, 0.2) is 16.3 Å². The molecule has 0 saturated carbocycles. The molecule has 0 amide bonds. The summed E-state index contributed by atoms with van der Waals surface area (Å²) in [6, 6.07) is 10.2. The van der Waals surface area contributed by atoms with Gasteiger partial charge >= 0.3 is 5.69 Å². The molecule has 0 unspecified atom stereocenters. The maximum absolute atomic E-state index is 12.5. The average molecular weight is 344 g/mol. The van der Waals surface area contributed by atoms with Crippen LogP contribution in [0.5, 0.6) is 0 Å². The Bertz CT molecular complexity index is 986. The Morgan fingerprint density at radius 3 is 2.46 bits per heavy atom. The van der Waals surface area contributed by atoms with Gasteiger partial charge in [-0.05, 0) is 18.9 Å². The summed E-state index contributed by atoms with van der Waals surface area (Å²) in [4.78, 5) is 29.3. The molecule has 3 rings (SSSR count). The highest BCUT2D eigenvalue weighted by atomic mass is 32.2. The molecular formula is C17H20N4O2S. The standard InChI is InChI=1S/C17H20N4O2S/c1-4-21-15(22)13-14(20(3)17(21)23)18-16(19(13)2)24-11-10-12-8-6-5-7-9-12/h5-9H,4,10-11H2,1-3H3. The monoisotopic (exact) mass is 344 g/mol. The predicted molar refractivity (Wildman–Crippen MR) is 96.8 cm³/mol. The van der Waals surface area contributed by atoms with Crippen LogP contribution >= 0.6 is 11.8 Å². The van der Waals surface area contributed by atoms with Gasteiger partial charge in [0.25, 0.3) is 5.56 Å². The van der Waals surface area contributed by atoms with Crippen molar-refractivity contribution in [1.82, 2.24) is 18.7 Å². The zero-order chi connectivity index (χ0) is 17.3. The van der Waals surface area contributed by atoms with Crippen molar-refractivity contribution in [3.05, 3.63) is 56.7 Å². The van der Waals surface area contributed by atoms with E-state index in [0.717, 1.165) is 17.3 Å². The minimum Gasteiger partial charge on any atom is -0.316 e. The quantitative estimate of drug-likeness (QED) is 0.662. The van der Waals surface area contributed by atoms with E-state index in [1.807, 2.05) is 25.2 Å². The molecule has 0 aliphatic carbocycles. The Hall–Kier alpha value is -2.28. The van der Waals surface area contributed by atoms with Gasteiger partial charge in [-0.25, -0.2) is 9.78 Å². The fraction of sp³-hybridized carbons (Fsp3) is 0.353. The number of rotatable bonds is 5. The summed E-state index contributed by atoms with van der Waals surface area (Å²) in [5.74, 6) is 0.858. The highest BCUT2D eigenvalue weighted by Crippen LogP contribution is 2.21. The van der Waals surface area contributed by atoms with Crippen LogP contribution in [0.1, 0.15) is 12.5 Å². The summed E-state index contributed by atoms with van der Waals surface area (Å²) in [6.07, 6.45) is 0.923. The summed E-state index contributed by atoms with van der Waals surface area (Å²) >= 11 is 1.59. The van der Waals surface area contributed by atoms with Crippen LogP contribution in [0.15, 0.2) is 45.1 Å².